The molecule has 1 N–H and O–H groups in total. The van der Waals surface area contributed by atoms with Crippen LogP contribution in [0.4, 0.5) is 0 Å². The predicted octanol–water partition coefficient (Wildman–Crippen LogP) is 5.32. The zero-order valence-electron chi connectivity index (χ0n) is 17.3. The quantitative estimate of drug-likeness (QED) is 0.730. The number of fused-ring (bicyclic) bond motifs is 2. The highest BCUT2D eigenvalue weighted by atomic mass is 28.3. The summed E-state index contributed by atoms with van der Waals surface area (Å²) in [4.78, 5) is 6.59. The van der Waals surface area contributed by atoms with E-state index in [0.717, 1.165) is 19.5 Å². The van der Waals surface area contributed by atoms with E-state index in [4.69, 9.17) is 0 Å². The van der Waals surface area contributed by atoms with Crippen molar-refractivity contribution in [1.82, 2.24) is 9.88 Å². The molecule has 0 amide bonds. The van der Waals surface area contributed by atoms with Crippen molar-refractivity contribution < 1.29 is 0 Å². The third-order valence-electron chi connectivity index (χ3n) is 5.84. The highest BCUT2D eigenvalue weighted by Crippen LogP contribution is 2.43. The van der Waals surface area contributed by atoms with E-state index >= 15 is 0 Å². The average molecular weight is 377 g/mol. The number of allylic oxidation sites excluding steroid dienone is 1. The summed E-state index contributed by atoms with van der Waals surface area (Å²) >= 11 is 0. The van der Waals surface area contributed by atoms with E-state index in [-0.39, 0.29) is 5.54 Å². The van der Waals surface area contributed by atoms with E-state index < -0.39 is 8.24 Å². The zero-order chi connectivity index (χ0) is 19.2. The van der Waals surface area contributed by atoms with Crippen LogP contribution in [0.15, 0.2) is 54.6 Å². The SMILES string of the molecule is CC(C)(C)N[Si](C)(C)C1C=C(N2CCc3ccccc3C2)c2ccccc21. The van der Waals surface area contributed by atoms with Crippen molar-refractivity contribution in [3.63, 3.8) is 0 Å². The number of nitrogens with one attached hydrogen (secondary N) is 1. The van der Waals surface area contributed by atoms with Gasteiger partial charge in [-0.3, -0.25) is 0 Å². The third kappa shape index (κ3) is 3.63. The summed E-state index contributed by atoms with van der Waals surface area (Å²) in [5.74, 6) is 0. The van der Waals surface area contributed by atoms with Gasteiger partial charge >= 0.3 is 0 Å². The fourth-order valence-corrected chi connectivity index (χ4v) is 8.65. The molecule has 0 fully saturated rings. The first kappa shape index (κ1) is 18.5. The van der Waals surface area contributed by atoms with E-state index in [2.05, 4.69) is 98.4 Å². The van der Waals surface area contributed by atoms with Crippen LogP contribution in [-0.4, -0.2) is 25.2 Å². The molecule has 0 radical (unpaired) electrons. The zero-order valence-corrected chi connectivity index (χ0v) is 18.3. The molecule has 2 aromatic carbocycles. The lowest BCUT2D eigenvalue weighted by atomic mass is 9.98. The standard InChI is InChI=1S/C24H32N2Si/c1-24(2,3)25-27(4,5)23-16-22(20-12-8-9-13-21(20)23)26-15-14-18-10-6-7-11-19(18)17-26/h6-13,16,23,25H,14-15,17H2,1-5H3. The maximum atomic E-state index is 3.99. The first-order valence-electron chi connectivity index (χ1n) is 10.2. The van der Waals surface area contributed by atoms with Gasteiger partial charge in [0.05, 0.1) is 0 Å². The monoisotopic (exact) mass is 376 g/mol. The van der Waals surface area contributed by atoms with Crippen molar-refractivity contribution in [3.05, 3.63) is 76.9 Å². The van der Waals surface area contributed by atoms with Gasteiger partial charge in [-0.15, -0.1) is 0 Å². The summed E-state index contributed by atoms with van der Waals surface area (Å²) in [5.41, 5.74) is 8.06. The van der Waals surface area contributed by atoms with Gasteiger partial charge in [-0.25, -0.2) is 0 Å². The van der Waals surface area contributed by atoms with Crippen molar-refractivity contribution in [1.29, 1.82) is 0 Å². The maximum Gasteiger partial charge on any atom is 0.131 e. The van der Waals surface area contributed by atoms with Crippen LogP contribution in [-0.2, 0) is 13.0 Å². The highest BCUT2D eigenvalue weighted by molar-refractivity contribution is 6.77. The normalized spacial score (nSPS) is 19.5. The second kappa shape index (κ2) is 6.64. The Kier molecular flexibility index (Phi) is 4.56. The topological polar surface area (TPSA) is 15.3 Å². The lowest BCUT2D eigenvalue weighted by Crippen LogP contribution is -2.57. The van der Waals surface area contributed by atoms with E-state index in [9.17, 15) is 0 Å². The molecule has 2 nitrogen and oxygen atoms in total. The highest BCUT2D eigenvalue weighted by Gasteiger charge is 2.40. The van der Waals surface area contributed by atoms with Crippen LogP contribution in [0.25, 0.3) is 5.70 Å². The summed E-state index contributed by atoms with van der Waals surface area (Å²) in [6.07, 6.45) is 3.71. The Balaban J connectivity index is 1.69. The summed E-state index contributed by atoms with van der Waals surface area (Å²) < 4.78 is 0. The molecule has 0 saturated carbocycles. The van der Waals surface area contributed by atoms with Gasteiger partial charge < -0.3 is 9.88 Å². The van der Waals surface area contributed by atoms with Crippen molar-refractivity contribution >= 4 is 13.9 Å². The molecule has 1 unspecified atom stereocenters. The van der Waals surface area contributed by atoms with Crippen LogP contribution in [0.3, 0.4) is 0 Å². The van der Waals surface area contributed by atoms with Crippen LogP contribution in [0.1, 0.15) is 48.6 Å². The molecular formula is C24H32N2Si. The Morgan fingerprint density at radius 1 is 0.963 bits per heavy atom. The van der Waals surface area contributed by atoms with Gasteiger partial charge in [0, 0.05) is 35.4 Å². The minimum absolute atomic E-state index is 0.144. The predicted molar refractivity (Wildman–Crippen MR) is 118 cm³/mol. The molecular weight excluding hydrogens is 344 g/mol. The van der Waals surface area contributed by atoms with E-state index in [1.807, 2.05) is 0 Å². The molecule has 1 aliphatic heterocycles. The second-order valence-electron chi connectivity index (χ2n) is 9.65. The van der Waals surface area contributed by atoms with Crippen LogP contribution >= 0.6 is 0 Å². The Bertz CT molecular complexity index is 876. The molecule has 2 aliphatic rings. The number of nitrogens with zero attached hydrogens (tertiary/aromatic N) is 1. The number of hydrogen-bond acceptors (Lipinski definition) is 2. The Morgan fingerprint density at radius 2 is 1.63 bits per heavy atom. The molecule has 2 aromatic rings. The molecule has 3 heteroatoms. The molecule has 0 bridgehead atoms. The van der Waals surface area contributed by atoms with E-state index in [1.165, 1.54) is 28.0 Å². The van der Waals surface area contributed by atoms with Crippen molar-refractivity contribution in [2.75, 3.05) is 6.54 Å². The maximum absolute atomic E-state index is 3.99. The summed E-state index contributed by atoms with van der Waals surface area (Å²) in [6, 6.07) is 18.0. The number of hydrogen-bond donors (Lipinski definition) is 1. The lowest BCUT2D eigenvalue weighted by Gasteiger charge is -2.37. The molecule has 4 rings (SSSR count). The van der Waals surface area contributed by atoms with Crippen LogP contribution in [0.5, 0.6) is 0 Å². The van der Waals surface area contributed by atoms with Crippen molar-refractivity contribution in [2.24, 2.45) is 0 Å². The lowest BCUT2D eigenvalue weighted by molar-refractivity contribution is 0.373. The van der Waals surface area contributed by atoms with Gasteiger partial charge in [-0.1, -0.05) is 67.7 Å². The fourth-order valence-electron chi connectivity index (χ4n) is 4.96. The summed E-state index contributed by atoms with van der Waals surface area (Å²) in [6.45, 7) is 13.9. The smallest absolute Gasteiger partial charge is 0.131 e. The minimum Gasteiger partial charge on any atom is -0.367 e. The molecule has 1 heterocycles. The van der Waals surface area contributed by atoms with Gasteiger partial charge in [0.25, 0.3) is 0 Å². The fraction of sp³-hybridized carbons (Fsp3) is 0.417. The van der Waals surface area contributed by atoms with Gasteiger partial charge in [0.2, 0.25) is 0 Å². The first-order chi connectivity index (χ1) is 12.7. The largest absolute Gasteiger partial charge is 0.367 e. The number of rotatable bonds is 3. The molecule has 142 valence electrons. The summed E-state index contributed by atoms with van der Waals surface area (Å²) in [5, 5.41) is 0. The minimum atomic E-state index is -1.69. The van der Waals surface area contributed by atoms with Crippen molar-refractivity contribution in [3.8, 4) is 0 Å². The number of benzene rings is 2. The molecule has 1 aliphatic carbocycles. The Morgan fingerprint density at radius 3 is 2.37 bits per heavy atom. The van der Waals surface area contributed by atoms with Crippen LogP contribution in [0, 0.1) is 0 Å². The van der Waals surface area contributed by atoms with Gasteiger partial charge in [0.15, 0.2) is 0 Å². The van der Waals surface area contributed by atoms with Crippen LogP contribution < -0.4 is 4.98 Å². The summed E-state index contributed by atoms with van der Waals surface area (Å²) in [7, 11) is -1.69. The van der Waals surface area contributed by atoms with Gasteiger partial charge in [-0.2, -0.15) is 0 Å². The third-order valence-corrected chi connectivity index (χ3v) is 9.27. The van der Waals surface area contributed by atoms with E-state index in [1.54, 1.807) is 0 Å². The average Bonchev–Trinajstić information content (AvgIpc) is 3.00. The van der Waals surface area contributed by atoms with Gasteiger partial charge in [-0.05, 0) is 43.9 Å². The molecule has 0 spiro atoms. The Labute approximate surface area is 165 Å². The molecule has 0 saturated heterocycles. The second-order valence-corrected chi connectivity index (χ2v) is 14.0. The van der Waals surface area contributed by atoms with Crippen LogP contribution in [0.2, 0.25) is 13.1 Å². The Hall–Kier alpha value is -1.84. The first-order valence-corrected chi connectivity index (χ1v) is 13.2. The molecule has 1 atom stereocenters. The van der Waals surface area contributed by atoms with E-state index in [0.29, 0.717) is 5.54 Å². The molecule has 27 heavy (non-hydrogen) atoms. The molecule has 0 aromatic heterocycles. The van der Waals surface area contributed by atoms with Crippen molar-refractivity contribution in [2.45, 2.75) is 57.9 Å². The van der Waals surface area contributed by atoms with Gasteiger partial charge in [0.1, 0.15) is 8.24 Å².